The molecule has 0 saturated heterocycles. The lowest BCUT2D eigenvalue weighted by Crippen LogP contribution is -2.39. The number of anilines is 1. The van der Waals surface area contributed by atoms with Crippen molar-refractivity contribution in [3.63, 3.8) is 0 Å². The third kappa shape index (κ3) is 4.99. The second-order valence-electron chi connectivity index (χ2n) is 7.88. The zero-order valence-electron chi connectivity index (χ0n) is 17.1. The van der Waals surface area contributed by atoms with Crippen LogP contribution in [-0.4, -0.2) is 39.3 Å². The molecule has 1 saturated carbocycles. The molecule has 0 spiro atoms. The number of hydrogen-bond acceptors (Lipinski definition) is 6. The maximum absolute atomic E-state index is 12.6. The Morgan fingerprint density at radius 3 is 2.29 bits per heavy atom. The zero-order valence-corrected chi connectivity index (χ0v) is 17.9. The molecule has 2 aromatic rings. The largest absolute Gasteiger partial charge is 0.454 e. The van der Waals surface area contributed by atoms with Crippen LogP contribution in [0, 0.1) is 5.92 Å². The number of fused-ring (bicyclic) bond motifs is 1. The number of amides is 2. The van der Waals surface area contributed by atoms with Gasteiger partial charge in [0.15, 0.2) is 21.3 Å². The highest BCUT2D eigenvalue weighted by molar-refractivity contribution is 7.90. The van der Waals surface area contributed by atoms with Gasteiger partial charge in [-0.1, -0.05) is 0 Å². The molecular formula is C22H24N2O6S. The molecule has 164 valence electrons. The van der Waals surface area contributed by atoms with E-state index in [2.05, 4.69) is 10.6 Å². The number of rotatable bonds is 5. The number of carbonyl (C=O) groups is 2. The van der Waals surface area contributed by atoms with Crippen LogP contribution in [0.5, 0.6) is 11.5 Å². The molecule has 0 aromatic heterocycles. The summed E-state index contributed by atoms with van der Waals surface area (Å²) in [7, 11) is -3.27. The van der Waals surface area contributed by atoms with Gasteiger partial charge >= 0.3 is 0 Å². The van der Waals surface area contributed by atoms with Crippen LogP contribution in [0.2, 0.25) is 0 Å². The molecule has 2 amide bonds. The lowest BCUT2D eigenvalue weighted by molar-refractivity contribution is -0.120. The predicted octanol–water partition coefficient (Wildman–Crippen LogP) is 2.75. The van der Waals surface area contributed by atoms with E-state index >= 15 is 0 Å². The van der Waals surface area contributed by atoms with Crippen molar-refractivity contribution in [2.45, 2.75) is 36.6 Å². The van der Waals surface area contributed by atoms with E-state index in [1.54, 1.807) is 30.3 Å². The molecule has 0 unspecified atom stereocenters. The molecule has 0 bridgehead atoms. The van der Waals surface area contributed by atoms with E-state index in [0.717, 1.165) is 6.26 Å². The van der Waals surface area contributed by atoms with Crippen LogP contribution in [0.4, 0.5) is 5.69 Å². The van der Waals surface area contributed by atoms with E-state index in [9.17, 15) is 18.0 Å². The summed E-state index contributed by atoms with van der Waals surface area (Å²) in [5.74, 6) is 0.796. The van der Waals surface area contributed by atoms with Crippen molar-refractivity contribution in [1.29, 1.82) is 0 Å². The Morgan fingerprint density at radius 1 is 0.935 bits per heavy atom. The average Bonchev–Trinajstić information content (AvgIpc) is 3.22. The van der Waals surface area contributed by atoms with Gasteiger partial charge in [0, 0.05) is 29.5 Å². The van der Waals surface area contributed by atoms with E-state index in [4.69, 9.17) is 9.47 Å². The van der Waals surface area contributed by atoms with Gasteiger partial charge in [-0.25, -0.2) is 8.42 Å². The molecule has 9 heteroatoms. The third-order valence-corrected chi connectivity index (χ3v) is 6.75. The first kappa shape index (κ1) is 21.2. The summed E-state index contributed by atoms with van der Waals surface area (Å²) in [6.07, 6.45) is 3.89. The minimum absolute atomic E-state index is 0.0102. The molecule has 1 aliphatic heterocycles. The molecule has 2 aliphatic rings. The van der Waals surface area contributed by atoms with E-state index in [1.807, 2.05) is 0 Å². The Bertz CT molecular complexity index is 1090. The van der Waals surface area contributed by atoms with Crippen molar-refractivity contribution in [1.82, 2.24) is 5.32 Å². The number of ether oxygens (including phenoxy) is 2. The Hall–Kier alpha value is -3.07. The maximum Gasteiger partial charge on any atom is 0.251 e. The van der Waals surface area contributed by atoms with Crippen LogP contribution < -0.4 is 20.1 Å². The van der Waals surface area contributed by atoms with Crippen LogP contribution in [0.1, 0.15) is 36.0 Å². The van der Waals surface area contributed by atoms with Crippen LogP contribution >= 0.6 is 0 Å². The van der Waals surface area contributed by atoms with Crippen LogP contribution in [0.3, 0.4) is 0 Å². The van der Waals surface area contributed by atoms with E-state index in [0.29, 0.717) is 48.4 Å². The van der Waals surface area contributed by atoms with Gasteiger partial charge < -0.3 is 20.1 Å². The predicted molar refractivity (Wildman–Crippen MR) is 114 cm³/mol. The number of hydrogen-bond donors (Lipinski definition) is 2. The van der Waals surface area contributed by atoms with Crippen molar-refractivity contribution in [3.8, 4) is 11.5 Å². The first-order chi connectivity index (χ1) is 14.8. The smallest absolute Gasteiger partial charge is 0.251 e. The fourth-order valence-electron chi connectivity index (χ4n) is 3.84. The van der Waals surface area contributed by atoms with Crippen molar-refractivity contribution in [2.75, 3.05) is 18.4 Å². The minimum Gasteiger partial charge on any atom is -0.454 e. The van der Waals surface area contributed by atoms with Gasteiger partial charge in [0.25, 0.3) is 5.91 Å². The van der Waals surface area contributed by atoms with E-state index < -0.39 is 9.84 Å². The summed E-state index contributed by atoms with van der Waals surface area (Å²) < 4.78 is 33.6. The Balaban J connectivity index is 1.27. The average molecular weight is 445 g/mol. The molecule has 1 fully saturated rings. The number of benzene rings is 2. The fourth-order valence-corrected chi connectivity index (χ4v) is 4.47. The third-order valence-electron chi connectivity index (χ3n) is 5.62. The molecule has 2 aromatic carbocycles. The second-order valence-corrected chi connectivity index (χ2v) is 9.89. The highest BCUT2D eigenvalue weighted by Gasteiger charge is 2.28. The lowest BCUT2D eigenvalue weighted by Gasteiger charge is -2.28. The fraction of sp³-hybridized carbons (Fsp3) is 0.364. The van der Waals surface area contributed by atoms with Crippen molar-refractivity contribution < 1.29 is 27.5 Å². The maximum atomic E-state index is 12.6. The van der Waals surface area contributed by atoms with Gasteiger partial charge in [-0.2, -0.15) is 0 Å². The van der Waals surface area contributed by atoms with Crippen LogP contribution in [0.15, 0.2) is 47.4 Å². The second kappa shape index (κ2) is 8.58. The molecule has 1 heterocycles. The van der Waals surface area contributed by atoms with E-state index in [1.165, 1.54) is 12.1 Å². The van der Waals surface area contributed by atoms with Crippen molar-refractivity contribution in [3.05, 3.63) is 48.0 Å². The Labute approximate surface area is 180 Å². The Morgan fingerprint density at radius 2 is 1.61 bits per heavy atom. The summed E-state index contributed by atoms with van der Waals surface area (Å²) in [4.78, 5) is 25.3. The minimum atomic E-state index is -3.27. The number of sulfone groups is 1. The summed E-state index contributed by atoms with van der Waals surface area (Å²) in [6, 6.07) is 11.2. The summed E-state index contributed by atoms with van der Waals surface area (Å²) in [5.41, 5.74) is 1.08. The molecule has 8 nitrogen and oxygen atoms in total. The summed E-state index contributed by atoms with van der Waals surface area (Å²) >= 11 is 0. The molecule has 4 rings (SSSR count). The highest BCUT2D eigenvalue weighted by Crippen LogP contribution is 2.33. The van der Waals surface area contributed by atoms with Gasteiger partial charge in [-0.15, -0.1) is 0 Å². The summed E-state index contributed by atoms with van der Waals surface area (Å²) in [6.45, 7) is 0.161. The number of carbonyl (C=O) groups excluding carboxylic acids is 2. The molecular weight excluding hydrogens is 420 g/mol. The van der Waals surface area contributed by atoms with Gasteiger partial charge in [-0.05, 0) is 68.1 Å². The SMILES string of the molecule is CS(=O)(=O)c1ccc(NC(=O)C2CCC(NC(=O)c3ccc4c(c3)OCO4)CC2)cc1. The van der Waals surface area contributed by atoms with E-state index in [-0.39, 0.29) is 35.5 Å². The zero-order chi connectivity index (χ0) is 22.0. The van der Waals surface area contributed by atoms with Crippen molar-refractivity contribution in [2.24, 2.45) is 5.92 Å². The molecule has 1 aliphatic carbocycles. The quantitative estimate of drug-likeness (QED) is 0.734. The molecule has 0 atom stereocenters. The van der Waals surface area contributed by atoms with Gasteiger partial charge in [0.05, 0.1) is 4.90 Å². The van der Waals surface area contributed by atoms with Gasteiger partial charge in [-0.3, -0.25) is 9.59 Å². The normalized spacial score (nSPS) is 20.2. The molecule has 2 N–H and O–H groups in total. The first-order valence-corrected chi connectivity index (χ1v) is 12.0. The van der Waals surface area contributed by atoms with Crippen LogP contribution in [0.25, 0.3) is 0 Å². The Kier molecular flexibility index (Phi) is 5.86. The number of nitrogens with one attached hydrogen (secondary N) is 2. The first-order valence-electron chi connectivity index (χ1n) is 10.1. The molecule has 31 heavy (non-hydrogen) atoms. The van der Waals surface area contributed by atoms with Crippen LogP contribution in [-0.2, 0) is 14.6 Å². The standard InChI is InChI=1S/C22H24N2O6S/c1-31(27,28)18-9-7-17(8-10-18)23-21(25)14-2-5-16(6-3-14)24-22(26)15-4-11-19-20(12-15)30-13-29-19/h4,7-12,14,16H,2-3,5-6,13H2,1H3,(H,23,25)(H,24,26). The van der Waals surface area contributed by atoms with Gasteiger partial charge in [0.2, 0.25) is 12.7 Å². The highest BCUT2D eigenvalue weighted by atomic mass is 32.2. The lowest BCUT2D eigenvalue weighted by atomic mass is 9.85. The van der Waals surface area contributed by atoms with Crippen molar-refractivity contribution >= 4 is 27.3 Å². The topological polar surface area (TPSA) is 111 Å². The molecule has 0 radical (unpaired) electrons. The monoisotopic (exact) mass is 444 g/mol. The summed E-state index contributed by atoms with van der Waals surface area (Å²) in [5, 5.41) is 5.88. The van der Waals surface area contributed by atoms with Gasteiger partial charge in [0.1, 0.15) is 0 Å².